The summed E-state index contributed by atoms with van der Waals surface area (Å²) in [5.74, 6) is 1.15. The molecule has 1 aromatic rings. The van der Waals surface area contributed by atoms with Gasteiger partial charge in [-0.3, -0.25) is 0 Å². The lowest BCUT2D eigenvalue weighted by molar-refractivity contribution is 0.222. The number of hydrogen-bond donors (Lipinski definition) is 1. The third-order valence-electron chi connectivity index (χ3n) is 4.68. The number of aromatic nitrogens is 1. The predicted molar refractivity (Wildman–Crippen MR) is 86.2 cm³/mol. The standard InChI is InChI=1S/C17H29N3/c1-13-10-14(11-18-4)12-19-16(13)20(5)15-6-8-17(2,3)9-7-15/h10,12,15,18H,6-9,11H2,1-5H3. The van der Waals surface area contributed by atoms with Gasteiger partial charge < -0.3 is 10.2 Å². The third kappa shape index (κ3) is 3.51. The number of hydrogen-bond acceptors (Lipinski definition) is 3. The zero-order valence-electron chi connectivity index (χ0n) is 13.7. The highest BCUT2D eigenvalue weighted by atomic mass is 15.2. The van der Waals surface area contributed by atoms with Crippen LogP contribution in [0.4, 0.5) is 5.82 Å². The smallest absolute Gasteiger partial charge is 0.131 e. The molecule has 0 aliphatic heterocycles. The second-order valence-electron chi connectivity index (χ2n) is 7.02. The Morgan fingerprint density at radius 2 is 2.00 bits per heavy atom. The van der Waals surface area contributed by atoms with Crippen molar-refractivity contribution in [2.45, 2.75) is 59.0 Å². The molecule has 0 amide bonds. The van der Waals surface area contributed by atoms with Crippen LogP contribution in [0.1, 0.15) is 50.7 Å². The number of anilines is 1. The first-order chi connectivity index (χ1) is 9.43. The Hall–Kier alpha value is -1.09. The van der Waals surface area contributed by atoms with E-state index in [2.05, 4.69) is 44.1 Å². The minimum absolute atomic E-state index is 0.524. The molecule has 1 fully saturated rings. The van der Waals surface area contributed by atoms with Crippen molar-refractivity contribution in [3.8, 4) is 0 Å². The van der Waals surface area contributed by atoms with E-state index in [0.29, 0.717) is 11.5 Å². The van der Waals surface area contributed by atoms with E-state index in [-0.39, 0.29) is 0 Å². The summed E-state index contributed by atoms with van der Waals surface area (Å²) in [6.07, 6.45) is 7.20. The van der Waals surface area contributed by atoms with E-state index in [1.165, 1.54) is 36.8 Å². The molecule has 1 aliphatic carbocycles. The molecule has 1 N–H and O–H groups in total. The Morgan fingerprint density at radius 1 is 1.35 bits per heavy atom. The van der Waals surface area contributed by atoms with Crippen LogP contribution < -0.4 is 10.2 Å². The van der Waals surface area contributed by atoms with E-state index < -0.39 is 0 Å². The monoisotopic (exact) mass is 275 g/mol. The zero-order chi connectivity index (χ0) is 14.8. The van der Waals surface area contributed by atoms with Gasteiger partial charge >= 0.3 is 0 Å². The number of nitrogens with zero attached hydrogens (tertiary/aromatic N) is 2. The largest absolute Gasteiger partial charge is 0.356 e. The fourth-order valence-electron chi connectivity index (χ4n) is 3.24. The Morgan fingerprint density at radius 3 is 2.55 bits per heavy atom. The van der Waals surface area contributed by atoms with Crippen LogP contribution in [0, 0.1) is 12.3 Å². The van der Waals surface area contributed by atoms with Gasteiger partial charge in [0.1, 0.15) is 5.82 Å². The summed E-state index contributed by atoms with van der Waals surface area (Å²) in [5.41, 5.74) is 3.06. The molecule has 112 valence electrons. The van der Waals surface area contributed by atoms with Crippen LogP contribution in [0.2, 0.25) is 0 Å². The van der Waals surface area contributed by atoms with Crippen molar-refractivity contribution in [1.29, 1.82) is 0 Å². The van der Waals surface area contributed by atoms with Gasteiger partial charge in [0.15, 0.2) is 0 Å². The van der Waals surface area contributed by atoms with Gasteiger partial charge in [-0.05, 0) is 62.3 Å². The van der Waals surface area contributed by atoms with Crippen molar-refractivity contribution in [1.82, 2.24) is 10.3 Å². The van der Waals surface area contributed by atoms with E-state index in [4.69, 9.17) is 4.98 Å². The molecule has 1 aliphatic rings. The molecule has 20 heavy (non-hydrogen) atoms. The molecule has 0 unspecified atom stereocenters. The Labute approximate surface area is 123 Å². The third-order valence-corrected chi connectivity index (χ3v) is 4.68. The Bertz CT molecular complexity index is 444. The first-order valence-corrected chi connectivity index (χ1v) is 7.76. The maximum atomic E-state index is 4.69. The molecule has 0 aromatic carbocycles. The van der Waals surface area contributed by atoms with Gasteiger partial charge in [0.2, 0.25) is 0 Å². The molecule has 1 aromatic heterocycles. The van der Waals surface area contributed by atoms with Gasteiger partial charge in [0.25, 0.3) is 0 Å². The van der Waals surface area contributed by atoms with Crippen molar-refractivity contribution < 1.29 is 0 Å². The summed E-state index contributed by atoms with van der Waals surface area (Å²) in [6.45, 7) is 7.83. The van der Waals surface area contributed by atoms with E-state index in [1.807, 2.05) is 13.2 Å². The molecule has 0 saturated heterocycles. The van der Waals surface area contributed by atoms with Gasteiger partial charge in [0, 0.05) is 25.8 Å². The molecule has 0 atom stereocenters. The fraction of sp³-hybridized carbons (Fsp3) is 0.706. The van der Waals surface area contributed by atoms with Crippen LogP contribution in [-0.2, 0) is 6.54 Å². The van der Waals surface area contributed by atoms with Gasteiger partial charge in [-0.15, -0.1) is 0 Å². The van der Waals surface area contributed by atoms with E-state index in [9.17, 15) is 0 Å². The minimum atomic E-state index is 0.524. The quantitative estimate of drug-likeness (QED) is 0.911. The zero-order valence-corrected chi connectivity index (χ0v) is 13.7. The maximum absolute atomic E-state index is 4.69. The van der Waals surface area contributed by atoms with Crippen molar-refractivity contribution in [2.24, 2.45) is 5.41 Å². The summed E-state index contributed by atoms with van der Waals surface area (Å²) in [7, 11) is 4.18. The number of nitrogens with one attached hydrogen (secondary N) is 1. The summed E-state index contributed by atoms with van der Waals surface area (Å²) >= 11 is 0. The Balaban J connectivity index is 2.07. The predicted octanol–water partition coefficient (Wildman–Crippen LogP) is 3.51. The molecule has 1 saturated carbocycles. The van der Waals surface area contributed by atoms with E-state index >= 15 is 0 Å². The molecule has 0 radical (unpaired) electrons. The molecule has 3 heteroatoms. The minimum Gasteiger partial charge on any atom is -0.356 e. The SMILES string of the molecule is CNCc1cnc(N(C)C2CCC(C)(C)CC2)c(C)c1. The summed E-state index contributed by atoms with van der Waals surface area (Å²) in [5, 5.41) is 3.18. The second-order valence-corrected chi connectivity index (χ2v) is 7.02. The van der Waals surface area contributed by atoms with E-state index in [0.717, 1.165) is 12.4 Å². The van der Waals surface area contributed by atoms with Crippen molar-refractivity contribution in [2.75, 3.05) is 19.0 Å². The average Bonchev–Trinajstić information content (AvgIpc) is 2.38. The lowest BCUT2D eigenvalue weighted by Crippen LogP contribution is -2.38. The summed E-state index contributed by atoms with van der Waals surface area (Å²) in [6, 6.07) is 2.90. The Kier molecular flexibility index (Phi) is 4.69. The van der Waals surface area contributed by atoms with Gasteiger partial charge in [-0.2, -0.15) is 0 Å². The van der Waals surface area contributed by atoms with Crippen LogP contribution in [0.15, 0.2) is 12.3 Å². The second kappa shape index (κ2) is 6.13. The van der Waals surface area contributed by atoms with Gasteiger partial charge in [-0.1, -0.05) is 13.8 Å². The lowest BCUT2D eigenvalue weighted by atomic mass is 9.75. The van der Waals surface area contributed by atoms with Crippen LogP contribution >= 0.6 is 0 Å². The number of pyridine rings is 1. The highest BCUT2D eigenvalue weighted by molar-refractivity contribution is 5.47. The lowest BCUT2D eigenvalue weighted by Gasteiger charge is -2.39. The molecule has 3 nitrogen and oxygen atoms in total. The summed E-state index contributed by atoms with van der Waals surface area (Å²) in [4.78, 5) is 7.09. The molecular weight excluding hydrogens is 246 g/mol. The van der Waals surface area contributed by atoms with Crippen molar-refractivity contribution in [3.05, 3.63) is 23.4 Å². The van der Waals surface area contributed by atoms with Gasteiger partial charge in [0.05, 0.1) is 0 Å². The normalized spacial score (nSPS) is 19.1. The summed E-state index contributed by atoms with van der Waals surface area (Å²) < 4.78 is 0. The highest BCUT2D eigenvalue weighted by Crippen LogP contribution is 2.37. The highest BCUT2D eigenvalue weighted by Gasteiger charge is 2.29. The topological polar surface area (TPSA) is 28.2 Å². The van der Waals surface area contributed by atoms with Crippen LogP contribution in [0.5, 0.6) is 0 Å². The molecule has 1 heterocycles. The van der Waals surface area contributed by atoms with Crippen LogP contribution in [-0.4, -0.2) is 25.1 Å². The average molecular weight is 275 g/mol. The first kappa shape index (κ1) is 15.3. The van der Waals surface area contributed by atoms with Gasteiger partial charge in [-0.25, -0.2) is 4.98 Å². The molecule has 0 spiro atoms. The molecule has 2 rings (SSSR count). The number of rotatable bonds is 4. The van der Waals surface area contributed by atoms with Crippen LogP contribution in [0.3, 0.4) is 0 Å². The van der Waals surface area contributed by atoms with E-state index in [1.54, 1.807) is 0 Å². The maximum Gasteiger partial charge on any atom is 0.131 e. The van der Waals surface area contributed by atoms with Crippen molar-refractivity contribution >= 4 is 5.82 Å². The fourth-order valence-corrected chi connectivity index (χ4v) is 3.24. The number of aryl methyl sites for hydroxylation is 1. The molecule has 0 bridgehead atoms. The molecular formula is C17H29N3. The van der Waals surface area contributed by atoms with Crippen molar-refractivity contribution in [3.63, 3.8) is 0 Å². The first-order valence-electron chi connectivity index (χ1n) is 7.76. The van der Waals surface area contributed by atoms with Crippen LogP contribution in [0.25, 0.3) is 0 Å².